The third kappa shape index (κ3) is 4.05. The van der Waals surface area contributed by atoms with Crippen LogP contribution in [-0.4, -0.2) is 42.7 Å². The van der Waals surface area contributed by atoms with Gasteiger partial charge in [0.05, 0.1) is 23.7 Å². The van der Waals surface area contributed by atoms with E-state index in [-0.39, 0.29) is 18.0 Å². The van der Waals surface area contributed by atoms with E-state index in [9.17, 15) is 4.79 Å². The summed E-state index contributed by atoms with van der Waals surface area (Å²) in [7, 11) is 0. The number of hydrogen-bond donors (Lipinski definition) is 1. The van der Waals surface area contributed by atoms with Crippen molar-refractivity contribution in [2.75, 3.05) is 5.75 Å². The highest BCUT2D eigenvalue weighted by molar-refractivity contribution is 7.99. The average Bonchev–Trinajstić information content (AvgIpc) is 2.89. The van der Waals surface area contributed by atoms with Crippen LogP contribution in [0.15, 0.2) is 29.7 Å². The summed E-state index contributed by atoms with van der Waals surface area (Å²) in [6.07, 6.45) is 3.13. The van der Waals surface area contributed by atoms with Crippen LogP contribution in [0.2, 0.25) is 0 Å². The third-order valence-electron chi connectivity index (χ3n) is 2.73. The maximum absolute atomic E-state index is 10.8. The first kappa shape index (κ1) is 16.4. The van der Waals surface area contributed by atoms with Crippen molar-refractivity contribution < 1.29 is 14.6 Å². The summed E-state index contributed by atoms with van der Waals surface area (Å²) < 4.78 is 7.55. The molecule has 0 radical (unpaired) electrons. The van der Waals surface area contributed by atoms with Crippen LogP contribution in [0.5, 0.6) is 0 Å². The second-order valence-corrected chi connectivity index (χ2v) is 5.84. The van der Waals surface area contributed by atoms with Crippen LogP contribution < -0.4 is 0 Å². The van der Waals surface area contributed by atoms with E-state index < -0.39 is 5.97 Å². The van der Waals surface area contributed by atoms with E-state index in [2.05, 4.69) is 15.2 Å². The van der Waals surface area contributed by atoms with Crippen molar-refractivity contribution in [2.24, 2.45) is 0 Å². The van der Waals surface area contributed by atoms with Crippen LogP contribution in [0.25, 0.3) is 5.69 Å². The molecule has 2 aromatic rings. The zero-order valence-electron chi connectivity index (χ0n) is 12.6. The summed E-state index contributed by atoms with van der Waals surface area (Å²) in [5.74, 6) is -0.369. The van der Waals surface area contributed by atoms with E-state index in [1.54, 1.807) is 23.0 Å². The normalized spacial score (nSPS) is 12.5. The van der Waals surface area contributed by atoms with E-state index in [4.69, 9.17) is 9.84 Å². The summed E-state index contributed by atoms with van der Waals surface area (Å²) in [6, 6.07) is 3.67. The second-order valence-electron chi connectivity index (χ2n) is 4.90. The summed E-state index contributed by atoms with van der Waals surface area (Å²) in [6.45, 7) is 5.78. The number of pyridine rings is 1. The van der Waals surface area contributed by atoms with Gasteiger partial charge < -0.3 is 9.84 Å². The molecule has 1 atom stereocenters. The molecule has 0 saturated heterocycles. The molecule has 0 saturated carbocycles. The molecule has 0 aromatic carbocycles. The Morgan fingerprint density at radius 3 is 2.77 bits per heavy atom. The summed E-state index contributed by atoms with van der Waals surface area (Å²) in [4.78, 5) is 14.9. The molecule has 118 valence electrons. The van der Waals surface area contributed by atoms with Gasteiger partial charge in [0.1, 0.15) is 6.10 Å². The predicted molar refractivity (Wildman–Crippen MR) is 82.1 cm³/mol. The zero-order valence-corrected chi connectivity index (χ0v) is 13.4. The molecule has 0 bridgehead atoms. The fourth-order valence-electron chi connectivity index (χ4n) is 1.96. The SMILES string of the molecule is CC(C)O[C@@H](C)c1nnc(SCC(=O)O)n1-c1cccnc1. The van der Waals surface area contributed by atoms with Crippen LogP contribution >= 0.6 is 11.8 Å². The van der Waals surface area contributed by atoms with Crippen LogP contribution in [0.4, 0.5) is 0 Å². The number of hydrogen-bond acceptors (Lipinski definition) is 6. The number of thioether (sulfide) groups is 1. The molecule has 0 aliphatic rings. The van der Waals surface area contributed by atoms with E-state index in [1.807, 2.05) is 26.8 Å². The molecular weight excluding hydrogens is 304 g/mol. The quantitative estimate of drug-likeness (QED) is 0.782. The van der Waals surface area contributed by atoms with Crippen molar-refractivity contribution in [3.05, 3.63) is 30.4 Å². The van der Waals surface area contributed by atoms with Gasteiger partial charge in [0.25, 0.3) is 0 Å². The Hall–Kier alpha value is -1.93. The molecule has 0 aliphatic carbocycles. The van der Waals surface area contributed by atoms with Gasteiger partial charge in [0, 0.05) is 6.20 Å². The van der Waals surface area contributed by atoms with Gasteiger partial charge in [-0.3, -0.25) is 14.3 Å². The first-order valence-corrected chi connectivity index (χ1v) is 7.83. The highest BCUT2D eigenvalue weighted by atomic mass is 32.2. The van der Waals surface area contributed by atoms with E-state index in [1.165, 1.54) is 0 Å². The monoisotopic (exact) mass is 322 g/mol. The maximum Gasteiger partial charge on any atom is 0.313 e. The largest absolute Gasteiger partial charge is 0.481 e. The Labute approximate surface area is 132 Å². The number of carbonyl (C=O) groups is 1. The minimum absolute atomic E-state index is 0.0455. The minimum Gasteiger partial charge on any atom is -0.481 e. The highest BCUT2D eigenvalue weighted by Gasteiger charge is 2.21. The Balaban J connectivity index is 2.39. The van der Waals surface area contributed by atoms with Gasteiger partial charge in [0.2, 0.25) is 0 Å². The van der Waals surface area contributed by atoms with Crippen LogP contribution in [0.3, 0.4) is 0 Å². The fraction of sp³-hybridized carbons (Fsp3) is 0.429. The lowest BCUT2D eigenvalue weighted by Crippen LogP contribution is -2.13. The lowest BCUT2D eigenvalue weighted by Gasteiger charge is -2.17. The molecule has 7 nitrogen and oxygen atoms in total. The van der Waals surface area contributed by atoms with Gasteiger partial charge in [-0.1, -0.05) is 11.8 Å². The van der Waals surface area contributed by atoms with Crippen molar-refractivity contribution in [1.29, 1.82) is 0 Å². The van der Waals surface area contributed by atoms with E-state index >= 15 is 0 Å². The van der Waals surface area contributed by atoms with Crippen LogP contribution in [-0.2, 0) is 9.53 Å². The second kappa shape index (κ2) is 7.37. The fourth-order valence-corrected chi connectivity index (χ4v) is 2.64. The lowest BCUT2D eigenvalue weighted by atomic mass is 10.3. The summed E-state index contributed by atoms with van der Waals surface area (Å²) >= 11 is 1.11. The lowest BCUT2D eigenvalue weighted by molar-refractivity contribution is -0.133. The highest BCUT2D eigenvalue weighted by Crippen LogP contribution is 2.26. The van der Waals surface area contributed by atoms with Gasteiger partial charge in [0.15, 0.2) is 11.0 Å². The van der Waals surface area contributed by atoms with Gasteiger partial charge >= 0.3 is 5.97 Å². The predicted octanol–water partition coefficient (Wildman–Crippen LogP) is 2.33. The molecule has 0 spiro atoms. The molecule has 0 fully saturated rings. The molecule has 2 rings (SSSR count). The Kier molecular flexibility index (Phi) is 5.51. The molecule has 1 N–H and O–H groups in total. The van der Waals surface area contributed by atoms with Crippen molar-refractivity contribution >= 4 is 17.7 Å². The third-order valence-corrected chi connectivity index (χ3v) is 3.64. The number of rotatable bonds is 7. The Morgan fingerprint density at radius 2 is 2.18 bits per heavy atom. The van der Waals surface area contributed by atoms with Crippen molar-refractivity contribution in [2.45, 2.75) is 38.1 Å². The molecule has 0 amide bonds. The first-order valence-electron chi connectivity index (χ1n) is 6.84. The molecule has 2 aromatic heterocycles. The minimum atomic E-state index is -0.904. The van der Waals surface area contributed by atoms with Crippen molar-refractivity contribution in [3.8, 4) is 5.69 Å². The van der Waals surface area contributed by atoms with Crippen LogP contribution in [0.1, 0.15) is 32.7 Å². The number of ether oxygens (including phenoxy) is 1. The molecular formula is C14H18N4O3S. The average molecular weight is 322 g/mol. The zero-order chi connectivity index (χ0) is 16.1. The molecule has 8 heteroatoms. The molecule has 0 aliphatic heterocycles. The first-order chi connectivity index (χ1) is 10.5. The van der Waals surface area contributed by atoms with E-state index in [0.29, 0.717) is 11.0 Å². The molecule has 0 unspecified atom stereocenters. The van der Waals surface area contributed by atoms with Gasteiger partial charge in [-0.15, -0.1) is 10.2 Å². The number of carboxylic acids is 1. The number of aromatic nitrogens is 4. The summed E-state index contributed by atoms with van der Waals surface area (Å²) in [5, 5.41) is 17.6. The maximum atomic E-state index is 10.8. The number of aliphatic carboxylic acids is 1. The topological polar surface area (TPSA) is 90.1 Å². The van der Waals surface area contributed by atoms with Gasteiger partial charge in [-0.05, 0) is 32.9 Å². The van der Waals surface area contributed by atoms with Crippen molar-refractivity contribution in [3.63, 3.8) is 0 Å². The Morgan fingerprint density at radius 1 is 1.41 bits per heavy atom. The number of carboxylic acid groups (broad SMARTS) is 1. The standard InChI is InChI=1S/C14H18N4O3S/c1-9(2)21-10(3)13-16-17-14(22-8-12(19)20)18(13)11-5-4-6-15-7-11/h4-7,9-10H,8H2,1-3H3,(H,19,20)/t10-/m0/s1. The van der Waals surface area contributed by atoms with E-state index in [0.717, 1.165) is 17.4 Å². The smallest absolute Gasteiger partial charge is 0.313 e. The summed E-state index contributed by atoms with van der Waals surface area (Å²) in [5.41, 5.74) is 0.773. The van der Waals surface area contributed by atoms with Gasteiger partial charge in [-0.2, -0.15) is 0 Å². The van der Waals surface area contributed by atoms with Crippen LogP contribution in [0, 0.1) is 0 Å². The van der Waals surface area contributed by atoms with Gasteiger partial charge in [-0.25, -0.2) is 0 Å². The Bertz CT molecular complexity index is 630. The number of nitrogens with zero attached hydrogens (tertiary/aromatic N) is 4. The molecule has 22 heavy (non-hydrogen) atoms. The molecule has 2 heterocycles. The van der Waals surface area contributed by atoms with Crippen molar-refractivity contribution in [1.82, 2.24) is 19.7 Å².